The molecule has 0 spiro atoms. The number of amides is 2. The minimum atomic E-state index is -0.611. The Morgan fingerprint density at radius 1 is 0.914 bits per heavy atom. The summed E-state index contributed by atoms with van der Waals surface area (Å²) in [7, 11) is 1.62. The van der Waals surface area contributed by atoms with Crippen molar-refractivity contribution in [1.29, 1.82) is 0 Å². The number of methoxy groups -OCH3 is 1. The van der Waals surface area contributed by atoms with Crippen LogP contribution in [0.4, 0.5) is 0 Å². The highest BCUT2D eigenvalue weighted by Gasteiger charge is 2.30. The topological polar surface area (TPSA) is 58.6 Å². The molecule has 0 saturated carbocycles. The molecule has 5 nitrogen and oxygen atoms in total. The van der Waals surface area contributed by atoms with Gasteiger partial charge in [0.15, 0.2) is 0 Å². The van der Waals surface area contributed by atoms with Crippen LogP contribution in [-0.4, -0.2) is 42.2 Å². The second kappa shape index (κ2) is 14.2. The molecule has 2 amide bonds. The van der Waals surface area contributed by atoms with Gasteiger partial charge in [-0.15, -0.1) is 11.8 Å². The van der Waals surface area contributed by atoms with Crippen molar-refractivity contribution in [2.24, 2.45) is 0 Å². The van der Waals surface area contributed by atoms with Gasteiger partial charge in [0.2, 0.25) is 11.8 Å². The van der Waals surface area contributed by atoms with E-state index in [4.69, 9.17) is 4.74 Å². The third-order valence-electron chi connectivity index (χ3n) is 5.64. The number of benzene rings is 3. The van der Waals surface area contributed by atoms with Crippen LogP contribution in [0.1, 0.15) is 30.0 Å². The monoisotopic (exact) mass is 490 g/mol. The van der Waals surface area contributed by atoms with Crippen molar-refractivity contribution >= 4 is 23.6 Å². The average molecular weight is 491 g/mol. The molecule has 3 aromatic rings. The van der Waals surface area contributed by atoms with E-state index < -0.39 is 6.04 Å². The Bertz CT molecular complexity index is 1060. The van der Waals surface area contributed by atoms with Crippen molar-refractivity contribution in [3.8, 4) is 5.75 Å². The lowest BCUT2D eigenvalue weighted by Crippen LogP contribution is -2.51. The van der Waals surface area contributed by atoms with Crippen LogP contribution in [0.3, 0.4) is 0 Å². The fourth-order valence-corrected chi connectivity index (χ4v) is 4.67. The maximum absolute atomic E-state index is 13.6. The van der Waals surface area contributed by atoms with Crippen LogP contribution >= 0.6 is 11.8 Å². The zero-order valence-electron chi connectivity index (χ0n) is 20.5. The Balaban J connectivity index is 1.85. The third-order valence-corrected chi connectivity index (χ3v) is 6.63. The van der Waals surface area contributed by atoms with Crippen LogP contribution in [0, 0.1) is 0 Å². The molecule has 3 aromatic carbocycles. The van der Waals surface area contributed by atoms with Crippen molar-refractivity contribution in [3.05, 3.63) is 102 Å². The molecule has 1 N–H and O–H groups in total. The first-order valence-electron chi connectivity index (χ1n) is 12.0. The van der Waals surface area contributed by atoms with Gasteiger partial charge in [-0.1, -0.05) is 79.7 Å². The van der Waals surface area contributed by atoms with Crippen molar-refractivity contribution < 1.29 is 14.3 Å². The Morgan fingerprint density at radius 2 is 1.57 bits per heavy atom. The van der Waals surface area contributed by atoms with Gasteiger partial charge in [-0.3, -0.25) is 9.59 Å². The number of rotatable bonds is 13. The van der Waals surface area contributed by atoms with E-state index >= 15 is 0 Å². The number of nitrogens with one attached hydrogen (secondary N) is 1. The van der Waals surface area contributed by atoms with Gasteiger partial charge in [0, 0.05) is 25.3 Å². The molecule has 0 aliphatic heterocycles. The van der Waals surface area contributed by atoms with Gasteiger partial charge in [-0.05, 0) is 35.2 Å². The van der Waals surface area contributed by atoms with Crippen LogP contribution in [-0.2, 0) is 28.3 Å². The number of carbonyl (C=O) groups is 2. The summed E-state index contributed by atoms with van der Waals surface area (Å²) in [6, 6.07) is 27.0. The molecule has 35 heavy (non-hydrogen) atoms. The number of hydrogen-bond donors (Lipinski definition) is 1. The Kier molecular flexibility index (Phi) is 10.7. The standard InChI is InChI=1S/C29H34N2O3S/c1-3-17-30-29(33)27(19-23-11-6-4-7-12-23)31(20-25-15-10-16-26(18-25)34-2)28(32)22-35-21-24-13-8-5-9-14-24/h4-16,18,27H,3,17,19-22H2,1-2H3,(H,30,33)/t27-/m1/s1. The second-order valence-electron chi connectivity index (χ2n) is 8.35. The first-order valence-corrected chi connectivity index (χ1v) is 13.1. The molecule has 0 radical (unpaired) electrons. The van der Waals surface area contributed by atoms with Gasteiger partial charge in [0.1, 0.15) is 11.8 Å². The Morgan fingerprint density at radius 3 is 2.23 bits per heavy atom. The lowest BCUT2D eigenvalue weighted by atomic mass is 10.0. The van der Waals surface area contributed by atoms with Crippen LogP contribution in [0.15, 0.2) is 84.9 Å². The fourth-order valence-electron chi connectivity index (χ4n) is 3.80. The van der Waals surface area contributed by atoms with E-state index in [1.54, 1.807) is 23.8 Å². The summed E-state index contributed by atoms with van der Waals surface area (Å²) < 4.78 is 5.38. The summed E-state index contributed by atoms with van der Waals surface area (Å²) in [5, 5.41) is 3.01. The Labute approximate surface area is 212 Å². The largest absolute Gasteiger partial charge is 0.497 e. The first-order chi connectivity index (χ1) is 17.1. The maximum atomic E-state index is 13.6. The summed E-state index contributed by atoms with van der Waals surface area (Å²) in [5.74, 6) is 1.58. The minimum absolute atomic E-state index is 0.0543. The lowest BCUT2D eigenvalue weighted by molar-refractivity contribution is -0.139. The number of thioether (sulfide) groups is 1. The van der Waals surface area contributed by atoms with Crippen LogP contribution in [0.25, 0.3) is 0 Å². The number of carbonyl (C=O) groups excluding carboxylic acids is 2. The minimum Gasteiger partial charge on any atom is -0.497 e. The smallest absolute Gasteiger partial charge is 0.243 e. The second-order valence-corrected chi connectivity index (χ2v) is 9.33. The quantitative estimate of drug-likeness (QED) is 0.362. The summed E-state index contributed by atoms with van der Waals surface area (Å²) in [6.07, 6.45) is 1.29. The van der Waals surface area contributed by atoms with Crippen LogP contribution < -0.4 is 10.1 Å². The van der Waals surface area contributed by atoms with E-state index in [0.717, 1.165) is 29.1 Å². The SMILES string of the molecule is CCCNC(=O)[C@@H](Cc1ccccc1)N(Cc1cccc(OC)c1)C(=O)CSCc1ccccc1. The van der Waals surface area contributed by atoms with E-state index in [1.807, 2.05) is 79.7 Å². The van der Waals surface area contributed by atoms with Crippen molar-refractivity contribution in [2.75, 3.05) is 19.4 Å². The maximum Gasteiger partial charge on any atom is 0.243 e. The molecule has 0 aliphatic rings. The van der Waals surface area contributed by atoms with Gasteiger partial charge in [0.05, 0.1) is 12.9 Å². The summed E-state index contributed by atoms with van der Waals surface area (Å²) >= 11 is 1.57. The van der Waals surface area contributed by atoms with Crippen LogP contribution in [0.2, 0.25) is 0 Å². The molecule has 1 atom stereocenters. The van der Waals surface area contributed by atoms with Gasteiger partial charge in [-0.2, -0.15) is 0 Å². The van der Waals surface area contributed by atoms with E-state index in [1.165, 1.54) is 5.56 Å². The van der Waals surface area contributed by atoms with Crippen LogP contribution in [0.5, 0.6) is 5.75 Å². The number of nitrogens with zero attached hydrogens (tertiary/aromatic N) is 1. The molecular weight excluding hydrogens is 456 g/mol. The fraction of sp³-hybridized carbons (Fsp3) is 0.310. The number of ether oxygens (including phenoxy) is 1. The van der Waals surface area contributed by atoms with Crippen molar-refractivity contribution in [1.82, 2.24) is 10.2 Å². The number of hydrogen-bond acceptors (Lipinski definition) is 4. The molecule has 0 saturated heterocycles. The third kappa shape index (κ3) is 8.48. The predicted molar refractivity (Wildman–Crippen MR) is 143 cm³/mol. The highest BCUT2D eigenvalue weighted by atomic mass is 32.2. The summed E-state index contributed by atoms with van der Waals surface area (Å²) in [4.78, 5) is 28.6. The molecule has 6 heteroatoms. The average Bonchev–Trinajstić information content (AvgIpc) is 2.90. The summed E-state index contributed by atoms with van der Waals surface area (Å²) in [6.45, 7) is 2.93. The molecule has 3 rings (SSSR count). The normalized spacial score (nSPS) is 11.5. The molecule has 0 aliphatic carbocycles. The zero-order chi connectivity index (χ0) is 24.9. The lowest BCUT2D eigenvalue weighted by Gasteiger charge is -2.31. The molecule has 0 heterocycles. The predicted octanol–water partition coefficient (Wildman–Crippen LogP) is 5.09. The molecule has 0 bridgehead atoms. The van der Waals surface area contributed by atoms with E-state index in [-0.39, 0.29) is 11.8 Å². The van der Waals surface area contributed by atoms with E-state index in [2.05, 4.69) is 17.4 Å². The molecule has 0 unspecified atom stereocenters. The highest BCUT2D eigenvalue weighted by Crippen LogP contribution is 2.20. The van der Waals surface area contributed by atoms with Crippen molar-refractivity contribution in [3.63, 3.8) is 0 Å². The van der Waals surface area contributed by atoms with Gasteiger partial charge in [-0.25, -0.2) is 0 Å². The molecule has 184 valence electrons. The van der Waals surface area contributed by atoms with Crippen molar-refractivity contribution in [2.45, 2.75) is 38.1 Å². The van der Waals surface area contributed by atoms with Gasteiger partial charge >= 0.3 is 0 Å². The Hall–Kier alpha value is -3.25. The van der Waals surface area contributed by atoms with Gasteiger partial charge < -0.3 is 15.0 Å². The van der Waals surface area contributed by atoms with E-state index in [0.29, 0.717) is 25.3 Å². The molecule has 0 fully saturated rings. The molecule has 0 aromatic heterocycles. The molecular formula is C29H34N2O3S. The summed E-state index contributed by atoms with van der Waals surface area (Å²) in [5.41, 5.74) is 3.11. The zero-order valence-corrected chi connectivity index (χ0v) is 21.3. The van der Waals surface area contributed by atoms with E-state index in [9.17, 15) is 9.59 Å². The van der Waals surface area contributed by atoms with Gasteiger partial charge in [0.25, 0.3) is 0 Å². The highest BCUT2D eigenvalue weighted by molar-refractivity contribution is 7.99. The first kappa shape index (κ1) is 26.4.